The Morgan fingerprint density at radius 2 is 1.93 bits per heavy atom. The molecule has 2 aromatic carbocycles. The molecule has 0 aliphatic heterocycles. The molecule has 0 atom stereocenters. The maximum atomic E-state index is 5.60. The molecule has 0 radical (unpaired) electrons. The van der Waals surface area contributed by atoms with Crippen molar-refractivity contribution in [2.45, 2.75) is 13.5 Å². The highest BCUT2D eigenvalue weighted by Gasteiger charge is 2.07. The lowest BCUT2D eigenvalue weighted by Crippen LogP contribution is -2.47. The Hall–Kier alpha value is -1.54. The third-order valence-electron chi connectivity index (χ3n) is 2.55. The Morgan fingerprint density at radius 1 is 1.13 bits per heavy atom. The average molecular weight is 202 g/mol. The van der Waals surface area contributed by atoms with Crippen LogP contribution in [0.4, 0.5) is 0 Å². The van der Waals surface area contributed by atoms with E-state index in [0.717, 1.165) is 12.3 Å². The molecule has 0 saturated carbocycles. The van der Waals surface area contributed by atoms with Gasteiger partial charge in [-0.2, -0.15) is 0 Å². The van der Waals surface area contributed by atoms with Gasteiger partial charge in [-0.05, 0) is 23.8 Å². The zero-order chi connectivity index (χ0) is 10.7. The van der Waals surface area contributed by atoms with E-state index in [9.17, 15) is 0 Å². The lowest BCUT2D eigenvalue weighted by Gasteiger charge is -2.10. The predicted octanol–water partition coefficient (Wildman–Crippen LogP) is 1.98. The molecule has 15 heavy (non-hydrogen) atoms. The molecule has 0 saturated heterocycles. The van der Waals surface area contributed by atoms with Crippen molar-refractivity contribution in [1.82, 2.24) is 0 Å². The first-order valence-electron chi connectivity index (χ1n) is 5.29. The zero-order valence-corrected chi connectivity index (χ0v) is 8.99. The number of ether oxygens (including phenoxy) is 1. The SMILES string of the molecule is CCOc1ccc2ccccc2c1C[NH3+]. The zero-order valence-electron chi connectivity index (χ0n) is 8.99. The van der Waals surface area contributed by atoms with Crippen LogP contribution in [0.1, 0.15) is 12.5 Å². The molecule has 0 aromatic heterocycles. The van der Waals surface area contributed by atoms with Gasteiger partial charge in [-0.15, -0.1) is 0 Å². The van der Waals surface area contributed by atoms with Crippen LogP contribution in [0.2, 0.25) is 0 Å². The summed E-state index contributed by atoms with van der Waals surface area (Å²) in [5.74, 6) is 0.964. The molecular formula is C13H16NO+. The summed E-state index contributed by atoms with van der Waals surface area (Å²) in [4.78, 5) is 0. The standard InChI is InChI=1S/C13H15NO/c1-2-15-13-8-7-10-5-3-4-6-11(10)12(13)9-14/h3-8H,2,9,14H2,1H3/p+1. The van der Waals surface area contributed by atoms with Crippen LogP contribution in [0.15, 0.2) is 36.4 Å². The van der Waals surface area contributed by atoms with Crippen LogP contribution in [-0.2, 0) is 6.54 Å². The van der Waals surface area contributed by atoms with Crippen molar-refractivity contribution in [1.29, 1.82) is 0 Å². The number of fused-ring (bicyclic) bond motifs is 1. The minimum Gasteiger partial charge on any atom is -0.493 e. The molecule has 2 aromatic rings. The first kappa shape index (κ1) is 9.99. The van der Waals surface area contributed by atoms with Gasteiger partial charge in [-0.1, -0.05) is 30.3 Å². The van der Waals surface area contributed by atoms with Crippen LogP contribution in [0, 0.1) is 0 Å². The van der Waals surface area contributed by atoms with E-state index in [2.05, 4.69) is 36.1 Å². The molecule has 78 valence electrons. The van der Waals surface area contributed by atoms with E-state index in [-0.39, 0.29) is 0 Å². The molecule has 2 heteroatoms. The van der Waals surface area contributed by atoms with E-state index in [4.69, 9.17) is 4.74 Å². The third-order valence-corrected chi connectivity index (χ3v) is 2.55. The maximum Gasteiger partial charge on any atom is 0.128 e. The summed E-state index contributed by atoms with van der Waals surface area (Å²) in [7, 11) is 0. The van der Waals surface area contributed by atoms with Gasteiger partial charge >= 0.3 is 0 Å². The van der Waals surface area contributed by atoms with Gasteiger partial charge < -0.3 is 10.5 Å². The number of hydrogen-bond donors (Lipinski definition) is 1. The molecule has 2 nitrogen and oxygen atoms in total. The van der Waals surface area contributed by atoms with Crippen LogP contribution in [0.3, 0.4) is 0 Å². The van der Waals surface area contributed by atoms with Crippen LogP contribution >= 0.6 is 0 Å². The minimum atomic E-state index is 0.700. The lowest BCUT2D eigenvalue weighted by atomic mass is 10.0. The molecular weight excluding hydrogens is 186 g/mol. The molecule has 3 N–H and O–H groups in total. The fraction of sp³-hybridized carbons (Fsp3) is 0.231. The van der Waals surface area contributed by atoms with Crippen molar-refractivity contribution in [3.8, 4) is 5.75 Å². The predicted molar refractivity (Wildman–Crippen MR) is 61.7 cm³/mol. The number of quaternary nitrogens is 1. The van der Waals surface area contributed by atoms with E-state index in [1.807, 2.05) is 13.0 Å². The molecule has 0 aliphatic rings. The van der Waals surface area contributed by atoms with E-state index < -0.39 is 0 Å². The van der Waals surface area contributed by atoms with Crippen molar-refractivity contribution >= 4 is 10.8 Å². The molecule has 0 fully saturated rings. The van der Waals surface area contributed by atoms with Gasteiger partial charge in [0.25, 0.3) is 0 Å². The van der Waals surface area contributed by atoms with Crippen LogP contribution in [0.25, 0.3) is 10.8 Å². The van der Waals surface area contributed by atoms with Gasteiger partial charge in [-0.3, -0.25) is 0 Å². The van der Waals surface area contributed by atoms with E-state index in [1.54, 1.807) is 0 Å². The Balaban J connectivity index is 2.64. The first-order valence-corrected chi connectivity index (χ1v) is 5.29. The smallest absolute Gasteiger partial charge is 0.128 e. The molecule has 2 rings (SSSR count). The lowest BCUT2D eigenvalue weighted by molar-refractivity contribution is -0.386. The highest BCUT2D eigenvalue weighted by atomic mass is 16.5. The summed E-state index contributed by atoms with van der Waals surface area (Å²) in [5, 5.41) is 2.50. The molecule has 0 bridgehead atoms. The Labute approximate surface area is 89.7 Å². The highest BCUT2D eigenvalue weighted by molar-refractivity contribution is 5.87. The van der Waals surface area contributed by atoms with Crippen LogP contribution in [-0.4, -0.2) is 6.61 Å². The Kier molecular flexibility index (Phi) is 2.88. The third kappa shape index (κ3) is 1.81. The van der Waals surface area contributed by atoms with Crippen LogP contribution in [0.5, 0.6) is 5.75 Å². The van der Waals surface area contributed by atoms with Crippen molar-refractivity contribution in [3.05, 3.63) is 42.0 Å². The fourth-order valence-corrected chi connectivity index (χ4v) is 1.86. The number of hydrogen-bond acceptors (Lipinski definition) is 1. The minimum absolute atomic E-state index is 0.700. The normalized spacial score (nSPS) is 10.5. The number of benzene rings is 2. The summed E-state index contributed by atoms with van der Waals surface area (Å²) in [5.41, 5.74) is 5.17. The second-order valence-corrected chi connectivity index (χ2v) is 3.45. The van der Waals surface area contributed by atoms with E-state index in [0.29, 0.717) is 6.61 Å². The monoisotopic (exact) mass is 202 g/mol. The maximum absolute atomic E-state index is 5.60. The van der Waals surface area contributed by atoms with Crippen molar-refractivity contribution in [3.63, 3.8) is 0 Å². The second-order valence-electron chi connectivity index (χ2n) is 3.45. The van der Waals surface area contributed by atoms with Crippen molar-refractivity contribution < 1.29 is 10.5 Å². The van der Waals surface area contributed by atoms with Crippen molar-refractivity contribution in [2.75, 3.05) is 6.61 Å². The summed E-state index contributed by atoms with van der Waals surface area (Å²) < 4.78 is 5.60. The molecule has 0 aliphatic carbocycles. The number of rotatable bonds is 3. The molecule has 0 unspecified atom stereocenters. The molecule has 0 spiro atoms. The summed E-state index contributed by atoms with van der Waals surface area (Å²) in [6, 6.07) is 12.5. The highest BCUT2D eigenvalue weighted by Crippen LogP contribution is 2.27. The molecule has 0 heterocycles. The van der Waals surface area contributed by atoms with Gasteiger partial charge in [0, 0.05) is 0 Å². The summed E-state index contributed by atoms with van der Waals surface area (Å²) in [6.45, 7) is 3.46. The largest absolute Gasteiger partial charge is 0.493 e. The molecule has 0 amide bonds. The van der Waals surface area contributed by atoms with Gasteiger partial charge in [-0.25, -0.2) is 0 Å². The van der Waals surface area contributed by atoms with Gasteiger partial charge in [0.15, 0.2) is 0 Å². The van der Waals surface area contributed by atoms with Gasteiger partial charge in [0.1, 0.15) is 12.3 Å². The van der Waals surface area contributed by atoms with E-state index >= 15 is 0 Å². The Bertz CT molecular complexity index is 465. The topological polar surface area (TPSA) is 36.9 Å². The quantitative estimate of drug-likeness (QED) is 0.811. The summed E-state index contributed by atoms with van der Waals surface area (Å²) in [6.07, 6.45) is 0. The van der Waals surface area contributed by atoms with E-state index in [1.165, 1.54) is 16.3 Å². The summed E-state index contributed by atoms with van der Waals surface area (Å²) >= 11 is 0. The second kappa shape index (κ2) is 4.32. The first-order chi connectivity index (χ1) is 7.36. The Morgan fingerprint density at radius 3 is 2.67 bits per heavy atom. The van der Waals surface area contributed by atoms with Gasteiger partial charge in [0.2, 0.25) is 0 Å². The fourth-order valence-electron chi connectivity index (χ4n) is 1.86. The van der Waals surface area contributed by atoms with Gasteiger partial charge in [0.05, 0.1) is 12.2 Å². The van der Waals surface area contributed by atoms with Crippen LogP contribution < -0.4 is 10.5 Å². The van der Waals surface area contributed by atoms with Crippen molar-refractivity contribution in [2.24, 2.45) is 0 Å². The average Bonchev–Trinajstić information content (AvgIpc) is 2.29.